The number of benzene rings is 2. The normalized spacial score (nSPS) is 16.0. The van der Waals surface area contributed by atoms with Crippen molar-refractivity contribution in [2.24, 2.45) is 5.10 Å². The van der Waals surface area contributed by atoms with Gasteiger partial charge in [-0.05, 0) is 29.8 Å². The average molecular weight is 396 g/mol. The molecular weight excluding hydrogens is 376 g/mol. The predicted octanol–water partition coefficient (Wildman–Crippen LogP) is 4.83. The summed E-state index contributed by atoms with van der Waals surface area (Å²) in [7, 11) is 0. The fraction of sp³-hybridized carbons (Fsp3) is 0.125. The predicted molar refractivity (Wildman–Crippen MR) is 114 cm³/mol. The number of hydrazone groups is 1. The quantitative estimate of drug-likeness (QED) is 0.496. The molecule has 1 atom stereocenters. The van der Waals surface area contributed by atoms with Crippen molar-refractivity contribution in [1.82, 2.24) is 14.8 Å². The van der Waals surface area contributed by atoms with E-state index < -0.39 is 0 Å². The van der Waals surface area contributed by atoms with Crippen molar-refractivity contribution in [2.75, 3.05) is 0 Å². The third-order valence-corrected chi connectivity index (χ3v) is 5.22. The summed E-state index contributed by atoms with van der Waals surface area (Å²) in [6, 6.07) is 23.3. The largest absolute Gasteiger partial charge is 0.463 e. The van der Waals surface area contributed by atoms with Gasteiger partial charge < -0.3 is 4.42 Å². The van der Waals surface area contributed by atoms with Gasteiger partial charge in [-0.25, -0.2) is 9.69 Å². The molecule has 5 rings (SSSR count). The number of para-hydroxylation sites is 1. The molecule has 1 unspecified atom stereocenters. The lowest BCUT2D eigenvalue weighted by Gasteiger charge is -2.19. The number of carbonyl (C=O) groups is 1. The van der Waals surface area contributed by atoms with Crippen LogP contribution >= 0.6 is 0 Å². The minimum atomic E-state index is -0.254. The number of hydrogen-bond donors (Lipinski definition) is 0. The first-order chi connectivity index (χ1) is 14.7. The molecule has 2 aromatic carbocycles. The molecule has 3 heterocycles. The van der Waals surface area contributed by atoms with Crippen molar-refractivity contribution < 1.29 is 9.21 Å². The Hall–Kier alpha value is -3.93. The molecule has 0 saturated heterocycles. The molecule has 1 aliphatic rings. The van der Waals surface area contributed by atoms with E-state index in [0.29, 0.717) is 17.9 Å². The van der Waals surface area contributed by atoms with Crippen LogP contribution in [0, 0.1) is 0 Å². The molecular formula is C24H20N4O2. The summed E-state index contributed by atoms with van der Waals surface area (Å²) < 4.78 is 7.48. The topological polar surface area (TPSA) is 63.6 Å². The molecule has 148 valence electrons. The lowest BCUT2D eigenvalue weighted by molar-refractivity contribution is -0.130. The zero-order valence-corrected chi connectivity index (χ0v) is 16.5. The molecule has 0 radical (unpaired) electrons. The lowest BCUT2D eigenvalue weighted by atomic mass is 9.98. The number of carbonyl (C=O) groups excluding carboxylic acids is 1. The fourth-order valence-corrected chi connectivity index (χ4v) is 3.80. The summed E-state index contributed by atoms with van der Waals surface area (Å²) >= 11 is 0. The molecule has 0 saturated carbocycles. The molecule has 1 amide bonds. The maximum atomic E-state index is 12.4. The third-order valence-electron chi connectivity index (χ3n) is 5.22. The van der Waals surface area contributed by atoms with Gasteiger partial charge in [-0.2, -0.15) is 10.2 Å². The summed E-state index contributed by atoms with van der Waals surface area (Å²) in [4.78, 5) is 12.4. The fourth-order valence-electron chi connectivity index (χ4n) is 3.80. The maximum absolute atomic E-state index is 12.4. The zero-order valence-electron chi connectivity index (χ0n) is 16.5. The van der Waals surface area contributed by atoms with Gasteiger partial charge in [-0.3, -0.25) is 4.79 Å². The Morgan fingerprint density at radius 1 is 1.00 bits per heavy atom. The summed E-state index contributed by atoms with van der Waals surface area (Å²) in [6.45, 7) is 1.54. The van der Waals surface area contributed by atoms with Gasteiger partial charge in [0.2, 0.25) is 5.91 Å². The van der Waals surface area contributed by atoms with E-state index in [0.717, 1.165) is 22.5 Å². The Bertz CT molecular complexity index is 1190. The Kier molecular flexibility index (Phi) is 4.52. The average Bonchev–Trinajstić information content (AvgIpc) is 3.53. The minimum absolute atomic E-state index is 0.108. The second-order valence-corrected chi connectivity index (χ2v) is 7.19. The first-order valence-electron chi connectivity index (χ1n) is 9.82. The van der Waals surface area contributed by atoms with Crippen LogP contribution < -0.4 is 0 Å². The highest BCUT2D eigenvalue weighted by Gasteiger charge is 2.35. The van der Waals surface area contributed by atoms with E-state index >= 15 is 0 Å². The summed E-state index contributed by atoms with van der Waals surface area (Å²) in [5.74, 6) is 0.556. The summed E-state index contributed by atoms with van der Waals surface area (Å²) in [5.41, 5.74) is 4.45. The lowest BCUT2D eigenvalue weighted by Crippen LogP contribution is -2.24. The molecule has 0 aliphatic carbocycles. The van der Waals surface area contributed by atoms with Gasteiger partial charge in [0.15, 0.2) is 5.76 Å². The smallest absolute Gasteiger partial charge is 0.240 e. The van der Waals surface area contributed by atoms with Crippen LogP contribution in [-0.4, -0.2) is 26.4 Å². The number of hydrogen-bond acceptors (Lipinski definition) is 4. The zero-order chi connectivity index (χ0) is 20.5. The monoisotopic (exact) mass is 396 g/mol. The van der Waals surface area contributed by atoms with E-state index in [2.05, 4.69) is 5.10 Å². The third kappa shape index (κ3) is 3.22. The molecule has 2 aromatic heterocycles. The number of aromatic nitrogens is 2. The minimum Gasteiger partial charge on any atom is -0.463 e. The highest BCUT2D eigenvalue weighted by atomic mass is 16.3. The van der Waals surface area contributed by atoms with Gasteiger partial charge in [0.05, 0.1) is 23.7 Å². The molecule has 6 nitrogen and oxygen atoms in total. The van der Waals surface area contributed by atoms with Gasteiger partial charge >= 0.3 is 0 Å². The van der Waals surface area contributed by atoms with Crippen LogP contribution in [0.15, 0.2) is 94.8 Å². The van der Waals surface area contributed by atoms with E-state index in [-0.39, 0.29) is 11.9 Å². The molecule has 0 N–H and O–H groups in total. The van der Waals surface area contributed by atoms with Crippen LogP contribution in [0.5, 0.6) is 0 Å². The molecule has 0 fully saturated rings. The first-order valence-corrected chi connectivity index (χ1v) is 9.82. The van der Waals surface area contributed by atoms with Crippen LogP contribution in [0.25, 0.3) is 17.1 Å². The van der Waals surface area contributed by atoms with Crippen molar-refractivity contribution >= 4 is 11.6 Å². The van der Waals surface area contributed by atoms with E-state index in [1.165, 1.54) is 0 Å². The number of rotatable bonds is 4. The standard InChI is InChI=1S/C24H20N4O2/c1-17(29)28-22(15-21(25-28)18-9-4-2-5-10-18)20-16-27(19-11-6-3-7-12-19)26-24(20)23-13-8-14-30-23/h2-14,16,22H,15H2,1H3. The van der Waals surface area contributed by atoms with Crippen molar-refractivity contribution in [2.45, 2.75) is 19.4 Å². The van der Waals surface area contributed by atoms with Crippen LogP contribution in [0.3, 0.4) is 0 Å². The Balaban J connectivity index is 1.60. The first kappa shape index (κ1) is 18.1. The highest BCUT2D eigenvalue weighted by Crippen LogP contribution is 2.38. The second kappa shape index (κ2) is 7.48. The second-order valence-electron chi connectivity index (χ2n) is 7.19. The van der Waals surface area contributed by atoms with E-state index in [9.17, 15) is 4.79 Å². The SMILES string of the molecule is CC(=O)N1N=C(c2ccccc2)CC1c1cn(-c2ccccc2)nc1-c1ccco1. The van der Waals surface area contributed by atoms with E-state index in [1.807, 2.05) is 83.7 Å². The molecule has 0 spiro atoms. The maximum Gasteiger partial charge on any atom is 0.240 e. The Labute approximate surface area is 174 Å². The summed E-state index contributed by atoms with van der Waals surface area (Å²) in [5, 5.41) is 11.0. The van der Waals surface area contributed by atoms with Gasteiger partial charge in [0.1, 0.15) is 5.69 Å². The Morgan fingerprint density at radius 2 is 1.73 bits per heavy atom. The number of nitrogens with zero attached hydrogens (tertiary/aromatic N) is 4. The molecule has 4 aromatic rings. The van der Waals surface area contributed by atoms with Gasteiger partial charge in [0, 0.05) is 25.1 Å². The van der Waals surface area contributed by atoms with Crippen molar-refractivity contribution in [3.63, 3.8) is 0 Å². The Morgan fingerprint density at radius 3 is 2.40 bits per heavy atom. The van der Waals surface area contributed by atoms with Crippen molar-refractivity contribution in [1.29, 1.82) is 0 Å². The van der Waals surface area contributed by atoms with Crippen LogP contribution in [-0.2, 0) is 4.79 Å². The van der Waals surface area contributed by atoms with Gasteiger partial charge in [-0.1, -0.05) is 48.5 Å². The van der Waals surface area contributed by atoms with Crippen LogP contribution in [0.4, 0.5) is 0 Å². The number of amides is 1. The molecule has 30 heavy (non-hydrogen) atoms. The highest BCUT2D eigenvalue weighted by molar-refractivity contribution is 6.03. The molecule has 6 heteroatoms. The van der Waals surface area contributed by atoms with Crippen molar-refractivity contribution in [3.8, 4) is 17.1 Å². The molecule has 1 aliphatic heterocycles. The van der Waals surface area contributed by atoms with Crippen molar-refractivity contribution in [3.05, 3.63) is 96.4 Å². The van der Waals surface area contributed by atoms with E-state index in [4.69, 9.17) is 9.52 Å². The summed E-state index contributed by atoms with van der Waals surface area (Å²) in [6.07, 6.45) is 4.21. The van der Waals surface area contributed by atoms with Crippen LogP contribution in [0.1, 0.15) is 30.5 Å². The van der Waals surface area contributed by atoms with E-state index in [1.54, 1.807) is 18.2 Å². The molecule has 0 bridgehead atoms. The number of furan rings is 1. The van der Waals surface area contributed by atoms with Crippen LogP contribution in [0.2, 0.25) is 0 Å². The van der Waals surface area contributed by atoms with Gasteiger partial charge in [-0.15, -0.1) is 0 Å². The van der Waals surface area contributed by atoms with Gasteiger partial charge in [0.25, 0.3) is 0 Å².